The van der Waals surface area contributed by atoms with Gasteiger partial charge in [-0.25, -0.2) is 0 Å². The van der Waals surface area contributed by atoms with Crippen molar-refractivity contribution < 1.29 is 14.6 Å². The summed E-state index contributed by atoms with van der Waals surface area (Å²) in [5.41, 5.74) is 6.25. The largest absolute Gasteiger partial charge is 0.507 e. The summed E-state index contributed by atoms with van der Waals surface area (Å²) in [6, 6.07) is 3.03. The zero-order chi connectivity index (χ0) is 13.2. The van der Waals surface area contributed by atoms with Crippen molar-refractivity contribution >= 4 is 5.91 Å². The van der Waals surface area contributed by atoms with Crippen molar-refractivity contribution in [2.45, 2.75) is 27.2 Å². The zero-order valence-electron chi connectivity index (χ0n) is 10.7. The number of hydrogen-bond acceptors (Lipinski definition) is 3. The van der Waals surface area contributed by atoms with Gasteiger partial charge in [-0.1, -0.05) is 20.8 Å². The van der Waals surface area contributed by atoms with E-state index < -0.39 is 5.91 Å². The van der Waals surface area contributed by atoms with Crippen LogP contribution in [0.25, 0.3) is 0 Å². The Balaban J connectivity index is 3.26. The predicted molar refractivity (Wildman–Crippen MR) is 66.3 cm³/mol. The number of primary amides is 1. The van der Waals surface area contributed by atoms with Crippen molar-refractivity contribution in [2.24, 2.45) is 11.1 Å². The van der Waals surface area contributed by atoms with E-state index in [1.165, 1.54) is 13.2 Å². The summed E-state index contributed by atoms with van der Waals surface area (Å²) in [4.78, 5) is 11.2. The molecule has 4 nitrogen and oxygen atoms in total. The first-order chi connectivity index (χ1) is 7.74. The van der Waals surface area contributed by atoms with Crippen LogP contribution in [0.5, 0.6) is 11.5 Å². The van der Waals surface area contributed by atoms with E-state index in [1.807, 2.05) is 0 Å². The number of nitrogens with two attached hydrogens (primary N) is 1. The maximum Gasteiger partial charge on any atom is 0.252 e. The lowest BCUT2D eigenvalue weighted by Gasteiger charge is -2.20. The van der Waals surface area contributed by atoms with Gasteiger partial charge in [0, 0.05) is 6.07 Å². The second-order valence-corrected chi connectivity index (χ2v) is 5.28. The molecular weight excluding hydrogens is 218 g/mol. The van der Waals surface area contributed by atoms with Crippen molar-refractivity contribution in [1.82, 2.24) is 0 Å². The predicted octanol–water partition coefficient (Wildman–Crippen LogP) is 2.09. The molecule has 0 atom stereocenters. The van der Waals surface area contributed by atoms with Gasteiger partial charge in [0.25, 0.3) is 5.91 Å². The fraction of sp³-hybridized carbons (Fsp3) is 0.462. The van der Waals surface area contributed by atoms with Crippen LogP contribution in [0, 0.1) is 5.41 Å². The van der Waals surface area contributed by atoms with Gasteiger partial charge in [0.15, 0.2) is 0 Å². The van der Waals surface area contributed by atoms with E-state index in [4.69, 9.17) is 10.5 Å². The number of ether oxygens (including phenoxy) is 1. The summed E-state index contributed by atoms with van der Waals surface area (Å²) in [6.07, 6.45) is 0.733. The molecule has 0 aromatic heterocycles. The Hall–Kier alpha value is -1.71. The van der Waals surface area contributed by atoms with Gasteiger partial charge in [-0.3, -0.25) is 4.79 Å². The summed E-state index contributed by atoms with van der Waals surface area (Å²) in [5.74, 6) is -0.213. The number of amides is 1. The monoisotopic (exact) mass is 237 g/mol. The van der Waals surface area contributed by atoms with Crippen LogP contribution in [0.2, 0.25) is 0 Å². The number of methoxy groups -OCH3 is 1. The van der Waals surface area contributed by atoms with Gasteiger partial charge < -0.3 is 15.6 Å². The molecule has 0 heterocycles. The van der Waals surface area contributed by atoms with Crippen molar-refractivity contribution in [3.63, 3.8) is 0 Å². The van der Waals surface area contributed by atoms with Crippen LogP contribution in [0.15, 0.2) is 12.1 Å². The minimum absolute atomic E-state index is 0.0547. The third-order valence-corrected chi connectivity index (χ3v) is 2.38. The van der Waals surface area contributed by atoms with Gasteiger partial charge in [-0.15, -0.1) is 0 Å². The average molecular weight is 237 g/mol. The number of carbonyl (C=O) groups is 1. The summed E-state index contributed by atoms with van der Waals surface area (Å²) < 4.78 is 5.19. The fourth-order valence-electron chi connectivity index (χ4n) is 1.71. The van der Waals surface area contributed by atoms with Gasteiger partial charge >= 0.3 is 0 Å². The number of carbonyl (C=O) groups excluding carboxylic acids is 1. The molecule has 0 bridgehead atoms. The molecule has 94 valence electrons. The maximum absolute atomic E-state index is 11.2. The summed E-state index contributed by atoms with van der Waals surface area (Å²) in [7, 11) is 1.53. The SMILES string of the molecule is COc1cc(O)c(C(N)=O)cc1CC(C)(C)C. The molecule has 4 heteroatoms. The lowest BCUT2D eigenvalue weighted by molar-refractivity contribution is 0.0997. The van der Waals surface area contributed by atoms with Crippen molar-refractivity contribution in [1.29, 1.82) is 0 Å². The van der Waals surface area contributed by atoms with Crippen molar-refractivity contribution in [3.05, 3.63) is 23.3 Å². The number of rotatable bonds is 3. The Kier molecular flexibility index (Phi) is 3.66. The van der Waals surface area contributed by atoms with Crippen LogP contribution in [0.3, 0.4) is 0 Å². The van der Waals surface area contributed by atoms with Crippen molar-refractivity contribution in [2.75, 3.05) is 7.11 Å². The van der Waals surface area contributed by atoms with Gasteiger partial charge in [-0.2, -0.15) is 0 Å². The van der Waals surface area contributed by atoms with E-state index in [2.05, 4.69) is 20.8 Å². The highest BCUT2D eigenvalue weighted by atomic mass is 16.5. The summed E-state index contributed by atoms with van der Waals surface area (Å²) in [5, 5.41) is 9.63. The average Bonchev–Trinajstić information content (AvgIpc) is 2.17. The summed E-state index contributed by atoms with van der Waals surface area (Å²) in [6.45, 7) is 6.26. The molecule has 1 amide bonds. The Bertz CT molecular complexity index is 433. The van der Waals surface area contributed by atoms with E-state index >= 15 is 0 Å². The molecule has 1 rings (SSSR count). The molecular formula is C13H19NO3. The van der Waals surface area contributed by atoms with E-state index in [-0.39, 0.29) is 16.7 Å². The molecule has 0 spiro atoms. The first-order valence-corrected chi connectivity index (χ1v) is 5.44. The number of phenols is 1. The molecule has 0 saturated heterocycles. The lowest BCUT2D eigenvalue weighted by atomic mass is 9.87. The minimum atomic E-state index is -0.639. The first kappa shape index (κ1) is 13.4. The molecule has 0 aliphatic carbocycles. The Labute approximate surface area is 101 Å². The number of benzene rings is 1. The van der Waals surface area contributed by atoms with Gasteiger partial charge in [0.05, 0.1) is 12.7 Å². The molecule has 0 aliphatic rings. The first-order valence-electron chi connectivity index (χ1n) is 5.44. The highest BCUT2D eigenvalue weighted by Crippen LogP contribution is 2.32. The highest BCUT2D eigenvalue weighted by Gasteiger charge is 2.18. The molecule has 17 heavy (non-hydrogen) atoms. The van der Waals surface area contributed by atoms with Crippen LogP contribution >= 0.6 is 0 Å². The zero-order valence-corrected chi connectivity index (χ0v) is 10.7. The van der Waals surface area contributed by atoms with E-state index in [1.54, 1.807) is 6.07 Å². The number of aromatic hydroxyl groups is 1. The Morgan fingerprint density at radius 2 is 2.00 bits per heavy atom. The molecule has 0 unspecified atom stereocenters. The van der Waals surface area contributed by atoms with Crippen LogP contribution in [-0.2, 0) is 6.42 Å². The quantitative estimate of drug-likeness (QED) is 0.845. The van der Waals surface area contributed by atoms with Gasteiger partial charge in [-0.05, 0) is 23.5 Å². The maximum atomic E-state index is 11.2. The molecule has 0 radical (unpaired) electrons. The van der Waals surface area contributed by atoms with Gasteiger partial charge in [0.1, 0.15) is 11.5 Å². The fourth-order valence-corrected chi connectivity index (χ4v) is 1.71. The smallest absolute Gasteiger partial charge is 0.252 e. The second kappa shape index (κ2) is 4.65. The molecule has 0 fully saturated rings. The number of hydrogen-bond donors (Lipinski definition) is 2. The van der Waals surface area contributed by atoms with Crippen LogP contribution in [-0.4, -0.2) is 18.1 Å². The third kappa shape index (κ3) is 3.37. The topological polar surface area (TPSA) is 72.6 Å². The Morgan fingerprint density at radius 3 is 2.41 bits per heavy atom. The normalized spacial score (nSPS) is 11.3. The van der Waals surface area contributed by atoms with Gasteiger partial charge in [0.2, 0.25) is 0 Å². The second-order valence-electron chi connectivity index (χ2n) is 5.28. The third-order valence-electron chi connectivity index (χ3n) is 2.38. The molecule has 0 aliphatic heterocycles. The van der Waals surface area contributed by atoms with E-state index in [0.29, 0.717) is 5.75 Å². The highest BCUT2D eigenvalue weighted by molar-refractivity contribution is 5.96. The Morgan fingerprint density at radius 1 is 1.41 bits per heavy atom. The van der Waals surface area contributed by atoms with Crippen LogP contribution in [0.4, 0.5) is 0 Å². The van der Waals surface area contributed by atoms with Crippen LogP contribution < -0.4 is 10.5 Å². The van der Waals surface area contributed by atoms with E-state index in [0.717, 1.165) is 12.0 Å². The minimum Gasteiger partial charge on any atom is -0.507 e. The van der Waals surface area contributed by atoms with Crippen molar-refractivity contribution in [3.8, 4) is 11.5 Å². The lowest BCUT2D eigenvalue weighted by Crippen LogP contribution is -2.14. The molecule has 1 aromatic carbocycles. The standard InChI is InChI=1S/C13H19NO3/c1-13(2,3)7-8-5-9(12(14)16)10(15)6-11(8)17-4/h5-6,15H,7H2,1-4H3,(H2,14,16). The van der Waals surface area contributed by atoms with E-state index in [9.17, 15) is 9.90 Å². The molecule has 3 N–H and O–H groups in total. The molecule has 0 saturated carbocycles. The molecule has 1 aromatic rings. The summed E-state index contributed by atoms with van der Waals surface area (Å²) >= 11 is 0. The van der Waals surface area contributed by atoms with Crippen LogP contribution in [0.1, 0.15) is 36.7 Å².